The molecule has 1 fully saturated rings. The molecule has 12 aromatic rings. The van der Waals surface area contributed by atoms with Gasteiger partial charge in [0.2, 0.25) is 0 Å². The molecule has 0 amide bonds. The molecule has 13 nitrogen and oxygen atoms in total. The molecule has 14 heteroatoms. The molecule has 0 spiro atoms. The molecule has 7 N–H and O–H groups in total. The number of nitriles is 1. The molecule has 0 saturated carbocycles. The van der Waals surface area contributed by atoms with E-state index >= 15 is 0 Å². The predicted octanol–water partition coefficient (Wildman–Crippen LogP) is 29.8. The molecule has 0 aliphatic carbocycles. The monoisotopic (exact) mass is 1750 g/mol. The van der Waals surface area contributed by atoms with Crippen LogP contribution in [-0.2, 0) is 48.9 Å². The molecule has 1 saturated heterocycles. The van der Waals surface area contributed by atoms with Gasteiger partial charge in [0, 0.05) is 55.5 Å². The Hall–Kier alpha value is -10.9. The normalized spacial score (nSPS) is 11.1. The molecule has 0 bridgehead atoms. The van der Waals surface area contributed by atoms with Gasteiger partial charge in [0.25, 0.3) is 0 Å². The third-order valence-electron chi connectivity index (χ3n) is 20.6. The van der Waals surface area contributed by atoms with Gasteiger partial charge in [-0.3, -0.25) is 9.88 Å². The predicted molar refractivity (Wildman–Crippen MR) is 546 cm³/mol. The van der Waals surface area contributed by atoms with Crippen LogP contribution in [0.4, 0.5) is 5.69 Å². The zero-order valence-corrected chi connectivity index (χ0v) is 78.9. The first-order valence-electron chi connectivity index (χ1n) is 44.1. The van der Waals surface area contributed by atoms with E-state index in [1.54, 1.807) is 30.5 Å². The molecule has 3 heterocycles. The van der Waals surface area contributed by atoms with E-state index in [4.69, 9.17) is 54.6 Å². The number of esters is 1. The van der Waals surface area contributed by atoms with E-state index in [0.29, 0.717) is 77.8 Å². The van der Waals surface area contributed by atoms with Crippen molar-refractivity contribution in [3.05, 3.63) is 390 Å². The molecule has 0 atom stereocenters. The number of pyridine rings is 2. The second kappa shape index (κ2) is 63.9. The van der Waals surface area contributed by atoms with Crippen molar-refractivity contribution < 1.29 is 29.6 Å². The number of ether oxygens (including phenoxy) is 2. The maximum absolute atomic E-state index is 12.2. The quantitative estimate of drug-likeness (QED) is 0.0379. The number of aliphatic hydroxyl groups excluding tert-OH is 2. The average molecular weight is 1750 g/mol. The number of phenolic OH excluding ortho intramolecular Hbond substituents is 1. The highest BCUT2D eigenvalue weighted by Gasteiger charge is 2.15. The summed E-state index contributed by atoms with van der Waals surface area (Å²) in [5.74, 6) is 5.13. The maximum Gasteiger partial charge on any atom is 0.357 e. The van der Waals surface area contributed by atoms with Crippen LogP contribution < -0.4 is 11.5 Å². The SMILES string of the molecule is C.C.C.CC(C)c1ccc(C#N)cc1.CC(C)c1ccc(CN)cc1.CC(C)c1ccc(CO)cc1.CC(C)c1cccc(CN)c1.CC(C)c1cccc(CN2CCOCC2)c1.CC(C)c1cccc(CO)c1.CC(C)c1cccc(COC(=O)c2ccc3cccc(O)c3n2)c1.CC(C)c1cccc(Cl)c1.CC(C)c1cccnc1.[C-]#[N+]c1cccc(C(C)C)c1. The molecule has 0 radical (unpaired) electrons. The first-order valence-corrected chi connectivity index (χ1v) is 44.4. The highest BCUT2D eigenvalue weighted by atomic mass is 35.5. The van der Waals surface area contributed by atoms with Crippen molar-refractivity contribution in [2.24, 2.45) is 11.5 Å². The van der Waals surface area contributed by atoms with Gasteiger partial charge in [0.1, 0.15) is 23.6 Å². The smallest absolute Gasteiger partial charge is 0.357 e. The number of hydrogen-bond acceptors (Lipinski definition) is 12. The maximum atomic E-state index is 12.2. The highest BCUT2D eigenvalue weighted by molar-refractivity contribution is 6.30. The number of aromatic hydroxyl groups is 1. The molecule has 13 rings (SSSR count). The van der Waals surface area contributed by atoms with Gasteiger partial charge in [-0.05, 0) is 185 Å². The van der Waals surface area contributed by atoms with Gasteiger partial charge in [-0.1, -0.05) is 396 Å². The summed E-state index contributed by atoms with van der Waals surface area (Å²) >= 11 is 5.79. The summed E-state index contributed by atoms with van der Waals surface area (Å²) in [5, 5.41) is 37.6. The molecule has 128 heavy (non-hydrogen) atoms. The van der Waals surface area contributed by atoms with Crippen molar-refractivity contribution in [1.29, 1.82) is 5.26 Å². The summed E-state index contributed by atoms with van der Waals surface area (Å²) in [5.41, 5.74) is 32.9. The number of aromatic nitrogens is 2. The van der Waals surface area contributed by atoms with E-state index < -0.39 is 5.97 Å². The first-order chi connectivity index (χ1) is 59.7. The number of carbonyl (C=O) groups is 1. The molecule has 10 aromatic carbocycles. The van der Waals surface area contributed by atoms with Gasteiger partial charge < -0.3 is 36.3 Å². The van der Waals surface area contributed by atoms with Gasteiger partial charge >= 0.3 is 5.97 Å². The lowest BCUT2D eigenvalue weighted by Crippen LogP contribution is -2.35. The van der Waals surface area contributed by atoms with Gasteiger partial charge in [-0.15, -0.1) is 0 Å². The van der Waals surface area contributed by atoms with E-state index in [2.05, 4.69) is 280 Å². The van der Waals surface area contributed by atoms with E-state index in [9.17, 15) is 9.90 Å². The number of rotatable bonds is 19. The standard InChI is InChI=1S/C20H19NO3.C14H21NO.C10H11N.C10H15N.C10H11N.C10H15N.2C10H14O.C9H11Cl.C8H11N.3CH4/c1-13(2)16-7-3-5-14(11-16)12-24-20(23)17-10-9-15-6-4-8-18(22)19(15)21-17;1-12(2)14-5-3-4-13(10-14)11-15-6-8-16-9-7-15;1-8(2)9-5-4-6-10(7-9)11-3;2*1-8(2)10-5-3-9(7-11)4-6-10;1-8(2)10-5-3-4-9(6-10)7-11;1-8(2)10-5-3-9(7-11)4-6-10;1-8(2)10-5-3-4-9(6-10)7-11;1-7(2)8-4-3-5-9(10)6-8;1-7(2)8-4-3-5-9-6-8;;;/h3-11,13,22H,12H2,1-2H3;3-5,10,12H,6-9,11H2,1-2H3;4-8H,1-2H3;3-6,8H,7,11H2,1-2H3;3-6,8H,1-2H3;3-6,8H,7,11H2,1-2H3;2*3-6,8,11H,7H2,1-2H3;3-7H,1-2H3;3-7H,1-2H3;3*1H4. The first kappa shape index (κ1) is 115. The van der Waals surface area contributed by atoms with Crippen molar-refractivity contribution in [2.75, 3.05) is 26.3 Å². The Morgan fingerprint density at radius 3 is 1.24 bits per heavy atom. The summed E-state index contributed by atoms with van der Waals surface area (Å²) in [6, 6.07) is 88.1. The number of hydrogen-bond donors (Lipinski definition) is 5. The Balaban J connectivity index is 0.000000721. The van der Waals surface area contributed by atoms with E-state index in [-0.39, 0.29) is 53.5 Å². The zero-order chi connectivity index (χ0) is 92.3. The van der Waals surface area contributed by atoms with Gasteiger partial charge in [-0.25, -0.2) is 14.6 Å². The third-order valence-corrected chi connectivity index (χ3v) is 20.9. The Kier molecular flexibility index (Phi) is 57.4. The third kappa shape index (κ3) is 44.7. The van der Waals surface area contributed by atoms with Crippen molar-refractivity contribution in [2.45, 2.75) is 259 Å². The molecule has 1 aliphatic heterocycles. The number of carbonyl (C=O) groups excluding carboxylic acids is 1. The molecular weight excluding hydrogens is 1600 g/mol. The second-order valence-electron chi connectivity index (χ2n) is 34.0. The van der Waals surface area contributed by atoms with Crippen LogP contribution in [-0.4, -0.2) is 62.5 Å². The fourth-order valence-electron chi connectivity index (χ4n) is 12.2. The number of fused-ring (bicyclic) bond motifs is 1. The second-order valence-corrected chi connectivity index (χ2v) is 34.5. The highest BCUT2D eigenvalue weighted by Crippen LogP contribution is 2.27. The molecule has 2 aromatic heterocycles. The number of halogens is 1. The van der Waals surface area contributed by atoms with Crippen molar-refractivity contribution in [3.8, 4) is 11.8 Å². The lowest BCUT2D eigenvalue weighted by molar-refractivity contribution is 0.0342. The fourth-order valence-corrected chi connectivity index (χ4v) is 12.4. The number of benzene rings is 10. The van der Waals surface area contributed by atoms with Gasteiger partial charge in [-0.2, -0.15) is 5.26 Å². The fraction of sp³-hybridized carbons (Fsp3) is 0.377. The van der Waals surface area contributed by atoms with E-state index in [1.165, 1.54) is 72.3 Å². The number of phenols is 1. The Labute approximate surface area is 777 Å². The van der Waals surface area contributed by atoms with E-state index in [1.807, 2.05) is 128 Å². The number of para-hydroxylation sites is 1. The molecule has 1 aliphatic rings. The van der Waals surface area contributed by atoms with Crippen LogP contribution in [0.25, 0.3) is 15.7 Å². The molecule has 0 unspecified atom stereocenters. The van der Waals surface area contributed by atoms with Crippen LogP contribution >= 0.6 is 11.6 Å². The number of nitrogens with two attached hydrogens (primary N) is 2. The van der Waals surface area contributed by atoms with Crippen molar-refractivity contribution in [1.82, 2.24) is 14.9 Å². The molecular formula is C114H154ClN7O6. The van der Waals surface area contributed by atoms with Crippen LogP contribution in [0.2, 0.25) is 5.02 Å². The average Bonchev–Trinajstić information content (AvgIpc) is 0.822. The van der Waals surface area contributed by atoms with Crippen LogP contribution in [0.1, 0.15) is 325 Å². The lowest BCUT2D eigenvalue weighted by Gasteiger charge is -2.26. The lowest BCUT2D eigenvalue weighted by atomic mass is 10.0. The summed E-state index contributed by atoms with van der Waals surface area (Å²) in [7, 11) is 0. The number of nitrogens with zero attached hydrogens (tertiary/aromatic N) is 5. The summed E-state index contributed by atoms with van der Waals surface area (Å²) in [6.45, 7) is 56.8. The van der Waals surface area contributed by atoms with Crippen LogP contribution in [0.15, 0.2) is 273 Å². The Morgan fingerprint density at radius 1 is 0.445 bits per heavy atom. The van der Waals surface area contributed by atoms with Gasteiger partial charge in [0.05, 0.1) is 44.6 Å². The Bertz CT molecular complexity index is 4980. The topological polar surface area (TPSA) is 205 Å². The summed E-state index contributed by atoms with van der Waals surface area (Å²) in [6.07, 6.45) is 3.70. The number of morpholine rings is 1. The summed E-state index contributed by atoms with van der Waals surface area (Å²) in [4.78, 5) is 26.3. The number of aliphatic hydroxyl groups is 2. The minimum Gasteiger partial charge on any atom is -0.506 e. The Morgan fingerprint density at radius 2 is 0.828 bits per heavy atom. The van der Waals surface area contributed by atoms with E-state index in [0.717, 1.165) is 71.2 Å². The zero-order valence-electron chi connectivity index (χ0n) is 78.2. The molecule has 688 valence electrons. The largest absolute Gasteiger partial charge is 0.506 e. The minimum absolute atomic E-state index is 0. The van der Waals surface area contributed by atoms with Crippen LogP contribution in [0.5, 0.6) is 5.75 Å². The van der Waals surface area contributed by atoms with Crippen LogP contribution in [0, 0.1) is 17.9 Å². The van der Waals surface area contributed by atoms with Crippen molar-refractivity contribution in [3.63, 3.8) is 0 Å². The van der Waals surface area contributed by atoms with Gasteiger partial charge in [0.15, 0.2) is 5.69 Å². The van der Waals surface area contributed by atoms with Crippen molar-refractivity contribution >= 4 is 34.2 Å². The summed E-state index contributed by atoms with van der Waals surface area (Å²) < 4.78 is 10.7. The minimum atomic E-state index is -0.505. The van der Waals surface area contributed by atoms with Crippen LogP contribution in [0.3, 0.4) is 0 Å².